The van der Waals surface area contributed by atoms with E-state index in [1.54, 1.807) is 4.68 Å². The van der Waals surface area contributed by atoms with E-state index in [0.717, 1.165) is 16.7 Å². The molecule has 3 N–H and O–H groups in total. The molecule has 0 atom stereocenters. The van der Waals surface area contributed by atoms with Gasteiger partial charge in [-0.2, -0.15) is 5.10 Å². The number of nitrogens with zero attached hydrogens (tertiary/aromatic N) is 3. The van der Waals surface area contributed by atoms with Gasteiger partial charge >= 0.3 is 0 Å². The maximum Gasteiger partial charge on any atom is 0.189 e. The van der Waals surface area contributed by atoms with Crippen molar-refractivity contribution in [3.05, 3.63) is 42.2 Å². The molecule has 1 heterocycles. The number of rotatable bonds is 3. The van der Waals surface area contributed by atoms with Crippen LogP contribution in [0.3, 0.4) is 0 Å². The molecule has 5 nitrogen and oxygen atoms in total. The highest BCUT2D eigenvalue weighted by molar-refractivity contribution is 14.0. The first kappa shape index (κ1) is 18.5. The van der Waals surface area contributed by atoms with Gasteiger partial charge in [0.05, 0.1) is 12.7 Å². The lowest BCUT2D eigenvalue weighted by Gasteiger charge is -2.21. The molecule has 22 heavy (non-hydrogen) atoms. The maximum absolute atomic E-state index is 5.89. The standard InChI is InChI=1S/C16H23N5.HI/c1-16(2,3)20-15(17)18-9-12-6-5-7-13(8-12)14-10-19-21(4)11-14;/h5-8,10-11H,9H2,1-4H3,(H3,17,18,20);1H. The van der Waals surface area contributed by atoms with Crippen LogP contribution in [0.25, 0.3) is 11.1 Å². The van der Waals surface area contributed by atoms with Gasteiger partial charge in [0, 0.05) is 24.3 Å². The van der Waals surface area contributed by atoms with Crippen molar-refractivity contribution in [1.29, 1.82) is 0 Å². The Morgan fingerprint density at radius 2 is 2.05 bits per heavy atom. The van der Waals surface area contributed by atoms with Crippen molar-refractivity contribution in [2.24, 2.45) is 17.8 Å². The minimum atomic E-state index is -0.0782. The number of aryl methyl sites for hydroxylation is 1. The van der Waals surface area contributed by atoms with E-state index < -0.39 is 0 Å². The van der Waals surface area contributed by atoms with E-state index in [4.69, 9.17) is 5.73 Å². The van der Waals surface area contributed by atoms with Gasteiger partial charge in [0.15, 0.2) is 5.96 Å². The van der Waals surface area contributed by atoms with E-state index >= 15 is 0 Å². The third-order valence-electron chi connectivity index (χ3n) is 2.90. The van der Waals surface area contributed by atoms with Crippen molar-refractivity contribution >= 4 is 29.9 Å². The first-order valence-corrected chi connectivity index (χ1v) is 6.99. The SMILES string of the molecule is Cn1cc(-c2cccc(CN=C(N)NC(C)(C)C)c2)cn1.I. The molecule has 0 saturated heterocycles. The van der Waals surface area contributed by atoms with Gasteiger partial charge in [-0.3, -0.25) is 4.68 Å². The van der Waals surface area contributed by atoms with Crippen molar-refractivity contribution in [3.63, 3.8) is 0 Å². The zero-order chi connectivity index (χ0) is 15.5. The monoisotopic (exact) mass is 413 g/mol. The molecule has 0 fully saturated rings. The molecule has 0 aliphatic carbocycles. The molecule has 1 aromatic carbocycles. The molecule has 0 unspecified atom stereocenters. The van der Waals surface area contributed by atoms with Gasteiger partial charge in [-0.25, -0.2) is 4.99 Å². The maximum atomic E-state index is 5.89. The summed E-state index contributed by atoms with van der Waals surface area (Å²) >= 11 is 0. The second-order valence-corrected chi connectivity index (χ2v) is 6.18. The normalized spacial score (nSPS) is 11.9. The van der Waals surface area contributed by atoms with Crippen molar-refractivity contribution in [3.8, 4) is 11.1 Å². The van der Waals surface area contributed by atoms with Crippen molar-refractivity contribution in [2.75, 3.05) is 0 Å². The Morgan fingerprint density at radius 1 is 1.32 bits per heavy atom. The second-order valence-electron chi connectivity index (χ2n) is 6.18. The summed E-state index contributed by atoms with van der Waals surface area (Å²) < 4.78 is 1.80. The predicted octanol–water partition coefficient (Wildman–Crippen LogP) is 2.91. The van der Waals surface area contributed by atoms with Crippen molar-refractivity contribution in [2.45, 2.75) is 32.9 Å². The highest BCUT2D eigenvalue weighted by Crippen LogP contribution is 2.19. The summed E-state index contributed by atoms with van der Waals surface area (Å²) in [5.74, 6) is 0.467. The highest BCUT2D eigenvalue weighted by Gasteiger charge is 2.09. The van der Waals surface area contributed by atoms with Crippen LogP contribution in [0.2, 0.25) is 0 Å². The summed E-state index contributed by atoms with van der Waals surface area (Å²) in [6, 6.07) is 8.26. The van der Waals surface area contributed by atoms with Crippen molar-refractivity contribution in [1.82, 2.24) is 15.1 Å². The van der Waals surface area contributed by atoms with Crippen LogP contribution in [-0.2, 0) is 13.6 Å². The number of aliphatic imine (C=N–C) groups is 1. The molecular formula is C16H24IN5. The van der Waals surface area contributed by atoms with Gasteiger partial charge in [0.1, 0.15) is 0 Å². The average Bonchev–Trinajstić information content (AvgIpc) is 2.82. The minimum Gasteiger partial charge on any atom is -0.370 e. The third-order valence-corrected chi connectivity index (χ3v) is 2.90. The van der Waals surface area contributed by atoms with Gasteiger partial charge in [-0.05, 0) is 38.0 Å². The van der Waals surface area contributed by atoms with Crippen LogP contribution in [0.4, 0.5) is 0 Å². The molecule has 2 aromatic rings. The molecule has 6 heteroatoms. The molecule has 2 rings (SSSR count). The van der Waals surface area contributed by atoms with Crippen LogP contribution in [0.1, 0.15) is 26.3 Å². The van der Waals surface area contributed by atoms with Crippen LogP contribution in [-0.4, -0.2) is 21.3 Å². The molecule has 1 aromatic heterocycles. The number of guanidine groups is 1. The summed E-state index contributed by atoms with van der Waals surface area (Å²) in [5, 5.41) is 7.35. The van der Waals surface area contributed by atoms with Gasteiger partial charge in [0.2, 0.25) is 0 Å². The van der Waals surface area contributed by atoms with Gasteiger partial charge in [-0.15, -0.1) is 24.0 Å². The number of nitrogens with one attached hydrogen (secondary N) is 1. The molecule has 0 spiro atoms. The Bertz CT molecular complexity index is 640. The lowest BCUT2D eigenvalue weighted by atomic mass is 10.1. The molecule has 0 radical (unpaired) electrons. The van der Waals surface area contributed by atoms with Crippen LogP contribution < -0.4 is 11.1 Å². The Kier molecular flexibility index (Phi) is 6.40. The predicted molar refractivity (Wildman–Crippen MR) is 102 cm³/mol. The summed E-state index contributed by atoms with van der Waals surface area (Å²) in [5.41, 5.74) is 9.17. The fourth-order valence-corrected chi connectivity index (χ4v) is 2.02. The molecule has 0 bridgehead atoms. The number of hydrogen-bond acceptors (Lipinski definition) is 2. The Balaban J connectivity index is 0.00000242. The summed E-state index contributed by atoms with van der Waals surface area (Å²) in [7, 11) is 1.91. The van der Waals surface area contributed by atoms with Gasteiger partial charge in [0.25, 0.3) is 0 Å². The van der Waals surface area contributed by atoms with E-state index in [9.17, 15) is 0 Å². The average molecular weight is 413 g/mol. The topological polar surface area (TPSA) is 68.2 Å². The van der Waals surface area contributed by atoms with E-state index in [2.05, 4.69) is 48.3 Å². The number of aromatic nitrogens is 2. The number of halogens is 1. The molecule has 0 aliphatic heterocycles. The quantitative estimate of drug-likeness (QED) is 0.462. The largest absolute Gasteiger partial charge is 0.370 e. The minimum absolute atomic E-state index is 0. The molecule has 0 aliphatic rings. The fraction of sp³-hybridized carbons (Fsp3) is 0.375. The zero-order valence-corrected chi connectivity index (χ0v) is 15.8. The van der Waals surface area contributed by atoms with Crippen LogP contribution in [0.15, 0.2) is 41.7 Å². The van der Waals surface area contributed by atoms with Gasteiger partial charge in [-0.1, -0.05) is 18.2 Å². The fourth-order valence-electron chi connectivity index (χ4n) is 2.02. The van der Waals surface area contributed by atoms with E-state index in [1.807, 2.05) is 31.6 Å². The van der Waals surface area contributed by atoms with Crippen LogP contribution >= 0.6 is 24.0 Å². The van der Waals surface area contributed by atoms with E-state index in [1.165, 1.54) is 0 Å². The number of hydrogen-bond donors (Lipinski definition) is 2. The summed E-state index contributed by atoms with van der Waals surface area (Å²) in [4.78, 5) is 4.38. The van der Waals surface area contributed by atoms with Crippen LogP contribution in [0, 0.1) is 0 Å². The first-order chi connectivity index (χ1) is 9.83. The third kappa shape index (κ3) is 5.67. The summed E-state index contributed by atoms with van der Waals surface area (Å²) in [6.07, 6.45) is 3.86. The lowest BCUT2D eigenvalue weighted by Crippen LogP contribution is -2.44. The van der Waals surface area contributed by atoms with Crippen LogP contribution in [0.5, 0.6) is 0 Å². The molecule has 0 amide bonds. The number of nitrogens with two attached hydrogens (primary N) is 1. The zero-order valence-electron chi connectivity index (χ0n) is 13.5. The Labute approximate surface area is 149 Å². The van der Waals surface area contributed by atoms with Crippen molar-refractivity contribution < 1.29 is 0 Å². The smallest absolute Gasteiger partial charge is 0.189 e. The molecular weight excluding hydrogens is 389 g/mol. The summed E-state index contributed by atoms with van der Waals surface area (Å²) in [6.45, 7) is 6.72. The van der Waals surface area contributed by atoms with E-state index in [0.29, 0.717) is 12.5 Å². The highest BCUT2D eigenvalue weighted by atomic mass is 127. The lowest BCUT2D eigenvalue weighted by molar-refractivity contribution is 0.508. The molecule has 120 valence electrons. The second kappa shape index (κ2) is 7.62. The Morgan fingerprint density at radius 3 is 2.64 bits per heavy atom. The van der Waals surface area contributed by atoms with Gasteiger partial charge < -0.3 is 11.1 Å². The molecule has 0 saturated carbocycles. The Hall–Kier alpha value is -1.57. The number of benzene rings is 1. The van der Waals surface area contributed by atoms with E-state index in [-0.39, 0.29) is 29.5 Å². The first-order valence-electron chi connectivity index (χ1n) is 6.99.